The van der Waals surface area contributed by atoms with Crippen molar-refractivity contribution in [2.75, 3.05) is 11.5 Å². The van der Waals surface area contributed by atoms with Crippen molar-refractivity contribution in [2.45, 2.75) is 71.4 Å². The summed E-state index contributed by atoms with van der Waals surface area (Å²) in [7, 11) is 0. The van der Waals surface area contributed by atoms with E-state index in [4.69, 9.17) is 0 Å². The molecule has 1 N–H and O–H groups in total. The van der Waals surface area contributed by atoms with E-state index in [-0.39, 0.29) is 5.54 Å². The van der Waals surface area contributed by atoms with Gasteiger partial charge in [0.1, 0.15) is 5.54 Å². The number of thioether (sulfide) groups is 1. The van der Waals surface area contributed by atoms with Crippen LogP contribution >= 0.6 is 11.8 Å². The lowest BCUT2D eigenvalue weighted by Gasteiger charge is -2.32. The summed E-state index contributed by atoms with van der Waals surface area (Å²) in [4.78, 5) is 0. The predicted molar refractivity (Wildman–Crippen MR) is 85.4 cm³/mol. The van der Waals surface area contributed by atoms with Crippen molar-refractivity contribution in [3.05, 3.63) is 0 Å². The van der Waals surface area contributed by atoms with Crippen LogP contribution in [0.5, 0.6) is 0 Å². The molecule has 0 heterocycles. The van der Waals surface area contributed by atoms with E-state index in [1.165, 1.54) is 37.2 Å². The second-order valence-electron chi connectivity index (χ2n) is 6.55. The largest absolute Gasteiger partial charge is 0.297 e. The van der Waals surface area contributed by atoms with Gasteiger partial charge in [-0.3, -0.25) is 5.32 Å². The van der Waals surface area contributed by atoms with E-state index in [0.29, 0.717) is 12.0 Å². The van der Waals surface area contributed by atoms with E-state index in [9.17, 15) is 5.26 Å². The van der Waals surface area contributed by atoms with Crippen LogP contribution in [0.15, 0.2) is 0 Å². The van der Waals surface area contributed by atoms with Crippen molar-refractivity contribution >= 4 is 11.8 Å². The number of nitrogens with one attached hydrogen (secondary N) is 1. The Balaban J connectivity index is 2.37. The molecule has 0 aromatic rings. The lowest BCUT2D eigenvalue weighted by atomic mass is 9.86. The van der Waals surface area contributed by atoms with Gasteiger partial charge in [0.2, 0.25) is 0 Å². The van der Waals surface area contributed by atoms with E-state index >= 15 is 0 Å². The average Bonchev–Trinajstić information content (AvgIpc) is 2.71. The maximum atomic E-state index is 9.59. The van der Waals surface area contributed by atoms with Crippen molar-refractivity contribution in [3.63, 3.8) is 0 Å². The average molecular weight is 282 g/mol. The Kier molecular flexibility index (Phi) is 7.25. The minimum atomic E-state index is -0.243. The molecule has 1 fully saturated rings. The number of rotatable bonds is 8. The Hall–Kier alpha value is -0.200. The highest BCUT2D eigenvalue weighted by Crippen LogP contribution is 2.38. The van der Waals surface area contributed by atoms with Crippen molar-refractivity contribution in [1.82, 2.24) is 5.32 Å². The van der Waals surface area contributed by atoms with Gasteiger partial charge in [-0.15, -0.1) is 0 Å². The Morgan fingerprint density at radius 2 is 2.05 bits per heavy atom. The molecule has 0 amide bonds. The molecule has 19 heavy (non-hydrogen) atoms. The molecule has 2 nitrogen and oxygen atoms in total. The van der Waals surface area contributed by atoms with Gasteiger partial charge in [0.05, 0.1) is 6.07 Å². The van der Waals surface area contributed by atoms with E-state index in [1.54, 1.807) is 0 Å². The minimum Gasteiger partial charge on any atom is -0.297 e. The predicted octanol–water partition coefficient (Wildman–Crippen LogP) is 4.22. The van der Waals surface area contributed by atoms with Crippen LogP contribution in [0.4, 0.5) is 0 Å². The Morgan fingerprint density at radius 3 is 2.63 bits per heavy atom. The van der Waals surface area contributed by atoms with Crippen LogP contribution in [0.25, 0.3) is 0 Å². The molecule has 0 aliphatic heterocycles. The second-order valence-corrected chi connectivity index (χ2v) is 7.78. The summed E-state index contributed by atoms with van der Waals surface area (Å²) in [5, 5.41) is 13.1. The van der Waals surface area contributed by atoms with Gasteiger partial charge in [-0.25, -0.2) is 0 Å². The monoisotopic (exact) mass is 282 g/mol. The maximum absolute atomic E-state index is 9.59. The molecule has 0 aromatic carbocycles. The molecule has 1 aliphatic carbocycles. The van der Waals surface area contributed by atoms with E-state index in [2.05, 4.69) is 50.8 Å². The van der Waals surface area contributed by atoms with E-state index in [1.807, 2.05) is 0 Å². The van der Waals surface area contributed by atoms with Gasteiger partial charge >= 0.3 is 0 Å². The first-order valence-corrected chi connectivity index (χ1v) is 8.92. The van der Waals surface area contributed by atoms with Crippen LogP contribution in [-0.2, 0) is 0 Å². The van der Waals surface area contributed by atoms with Gasteiger partial charge in [-0.1, -0.05) is 20.3 Å². The Bertz CT molecular complexity index is 296. The number of nitriles is 1. The minimum absolute atomic E-state index is 0.243. The fourth-order valence-electron chi connectivity index (χ4n) is 3.00. The first-order valence-electron chi connectivity index (χ1n) is 7.77. The van der Waals surface area contributed by atoms with Crippen LogP contribution in [0, 0.1) is 23.2 Å². The van der Waals surface area contributed by atoms with Gasteiger partial charge in [-0.05, 0) is 62.9 Å². The summed E-state index contributed by atoms with van der Waals surface area (Å²) in [6, 6.07) is 2.99. The molecule has 0 saturated heterocycles. The van der Waals surface area contributed by atoms with E-state index in [0.717, 1.165) is 12.3 Å². The molecule has 2 unspecified atom stereocenters. The highest BCUT2D eigenvalue weighted by molar-refractivity contribution is 7.99. The van der Waals surface area contributed by atoms with Crippen LogP contribution < -0.4 is 5.32 Å². The quantitative estimate of drug-likeness (QED) is 0.677. The molecule has 0 aromatic heterocycles. The van der Waals surface area contributed by atoms with Gasteiger partial charge in [-0.2, -0.15) is 17.0 Å². The van der Waals surface area contributed by atoms with Crippen LogP contribution in [0.1, 0.15) is 59.8 Å². The summed E-state index contributed by atoms with van der Waals surface area (Å²) >= 11 is 2.06. The zero-order chi connectivity index (χ0) is 14.3. The lowest BCUT2D eigenvalue weighted by molar-refractivity contribution is 0.289. The molecular formula is C16H30N2S. The van der Waals surface area contributed by atoms with Crippen molar-refractivity contribution in [1.29, 1.82) is 5.26 Å². The third-order valence-electron chi connectivity index (χ3n) is 4.02. The number of hydrogen-bond acceptors (Lipinski definition) is 3. The smallest absolute Gasteiger partial charge is 0.109 e. The lowest BCUT2D eigenvalue weighted by Crippen LogP contribution is -2.50. The van der Waals surface area contributed by atoms with Gasteiger partial charge in [0.25, 0.3) is 0 Å². The summed E-state index contributed by atoms with van der Waals surface area (Å²) in [5.74, 6) is 3.83. The molecule has 2 atom stereocenters. The standard InChI is InChI=1S/C16H30N2S/c1-13(2)7-10-19-11-8-15-6-5-9-16(15,12-17)18-14(3)4/h13-15,18H,5-11H2,1-4H3. The van der Waals surface area contributed by atoms with Gasteiger partial charge in [0.15, 0.2) is 0 Å². The molecular weight excluding hydrogens is 252 g/mol. The molecule has 0 spiro atoms. The SMILES string of the molecule is CC(C)CCSCCC1CCCC1(C#N)NC(C)C. The Labute approximate surface area is 123 Å². The molecule has 110 valence electrons. The summed E-state index contributed by atoms with van der Waals surface area (Å²) < 4.78 is 0. The normalized spacial score (nSPS) is 27.1. The molecule has 0 radical (unpaired) electrons. The fraction of sp³-hybridized carbons (Fsp3) is 0.938. The topological polar surface area (TPSA) is 35.8 Å². The van der Waals surface area contributed by atoms with Crippen molar-refractivity contribution in [2.24, 2.45) is 11.8 Å². The van der Waals surface area contributed by atoms with Crippen LogP contribution in [0.3, 0.4) is 0 Å². The number of nitrogens with zero attached hydrogens (tertiary/aromatic N) is 1. The first-order chi connectivity index (χ1) is 9.00. The third kappa shape index (κ3) is 5.36. The van der Waals surface area contributed by atoms with Crippen molar-refractivity contribution < 1.29 is 0 Å². The molecule has 3 heteroatoms. The third-order valence-corrected chi connectivity index (χ3v) is 5.07. The highest BCUT2D eigenvalue weighted by Gasteiger charge is 2.42. The number of hydrogen-bond donors (Lipinski definition) is 1. The highest BCUT2D eigenvalue weighted by atomic mass is 32.2. The first kappa shape index (κ1) is 16.9. The summed E-state index contributed by atoms with van der Waals surface area (Å²) in [5.41, 5.74) is -0.243. The second kappa shape index (κ2) is 8.17. The molecule has 1 saturated carbocycles. The molecule has 1 aliphatic rings. The van der Waals surface area contributed by atoms with Crippen molar-refractivity contribution in [3.8, 4) is 6.07 Å². The van der Waals surface area contributed by atoms with Gasteiger partial charge < -0.3 is 0 Å². The van der Waals surface area contributed by atoms with E-state index < -0.39 is 0 Å². The zero-order valence-electron chi connectivity index (χ0n) is 13.0. The summed E-state index contributed by atoms with van der Waals surface area (Å²) in [6.45, 7) is 8.85. The summed E-state index contributed by atoms with van der Waals surface area (Å²) in [6.07, 6.45) is 5.95. The molecule has 0 bridgehead atoms. The Morgan fingerprint density at radius 1 is 1.32 bits per heavy atom. The van der Waals surface area contributed by atoms with Crippen LogP contribution in [-0.4, -0.2) is 23.1 Å². The fourth-order valence-corrected chi connectivity index (χ4v) is 4.29. The maximum Gasteiger partial charge on any atom is 0.109 e. The molecule has 1 rings (SSSR count). The van der Waals surface area contributed by atoms with Gasteiger partial charge in [0, 0.05) is 6.04 Å². The zero-order valence-corrected chi connectivity index (χ0v) is 13.9. The van der Waals surface area contributed by atoms with Crippen LogP contribution in [0.2, 0.25) is 0 Å².